The average molecular weight is 426 g/mol. The van der Waals surface area contributed by atoms with E-state index in [9.17, 15) is 10.1 Å². The van der Waals surface area contributed by atoms with Crippen molar-refractivity contribution in [2.24, 2.45) is 10.9 Å². The highest BCUT2D eigenvalue weighted by Crippen LogP contribution is 2.24. The van der Waals surface area contributed by atoms with Crippen molar-refractivity contribution in [3.63, 3.8) is 0 Å². The molecule has 0 saturated carbocycles. The van der Waals surface area contributed by atoms with Crippen molar-refractivity contribution >= 4 is 57.1 Å². The Morgan fingerprint density at radius 3 is 2.69 bits per heavy atom. The van der Waals surface area contributed by atoms with Gasteiger partial charge in [-0.15, -0.1) is 11.3 Å². The van der Waals surface area contributed by atoms with Crippen LogP contribution >= 0.6 is 23.6 Å². The average Bonchev–Trinajstić information content (AvgIpc) is 3.05. The summed E-state index contributed by atoms with van der Waals surface area (Å²) >= 11 is 6.66. The number of nitrogens with one attached hydrogen (secondary N) is 2. The van der Waals surface area contributed by atoms with E-state index in [0.717, 1.165) is 15.9 Å². The maximum Gasteiger partial charge on any atom is 0.335 e. The first-order valence-electron chi connectivity index (χ1n) is 8.85. The zero-order valence-electron chi connectivity index (χ0n) is 15.8. The smallest absolute Gasteiger partial charge is 0.335 e. The number of benzene rings is 2. The van der Waals surface area contributed by atoms with Gasteiger partial charge in [-0.1, -0.05) is 13.8 Å². The van der Waals surface area contributed by atoms with Crippen LogP contribution in [0.3, 0.4) is 0 Å². The number of fused-ring (bicyclic) bond motifs is 1. The number of guanidine groups is 1. The monoisotopic (exact) mass is 425 g/mol. The number of carbonyl (C=O) groups is 1. The van der Waals surface area contributed by atoms with Crippen LogP contribution in [0.15, 0.2) is 47.5 Å². The van der Waals surface area contributed by atoms with Crippen molar-refractivity contribution in [1.82, 2.24) is 9.88 Å². The van der Waals surface area contributed by atoms with Crippen LogP contribution in [0, 0.1) is 21.3 Å². The zero-order chi connectivity index (χ0) is 21.0. The molecular formula is C20H19N5O2S2. The van der Waals surface area contributed by atoms with E-state index >= 15 is 0 Å². The third-order valence-corrected chi connectivity index (χ3v) is 5.15. The molecule has 0 aliphatic heterocycles. The van der Waals surface area contributed by atoms with Gasteiger partial charge in [0.15, 0.2) is 10.1 Å². The molecule has 29 heavy (non-hydrogen) atoms. The summed E-state index contributed by atoms with van der Waals surface area (Å²) in [6.45, 7) is 4.52. The number of thiazole rings is 1. The molecule has 3 rings (SSSR count). The van der Waals surface area contributed by atoms with Crippen molar-refractivity contribution in [3.8, 4) is 6.19 Å². The molecule has 0 saturated heterocycles. The Balaban J connectivity index is 1.97. The Hall–Kier alpha value is -3.22. The fourth-order valence-corrected chi connectivity index (χ4v) is 3.80. The summed E-state index contributed by atoms with van der Waals surface area (Å²) in [4.78, 5) is 20.2. The lowest BCUT2D eigenvalue weighted by molar-refractivity contribution is 0.0697. The Labute approximate surface area is 176 Å². The van der Waals surface area contributed by atoms with Gasteiger partial charge in [0.25, 0.3) is 0 Å². The summed E-state index contributed by atoms with van der Waals surface area (Å²) in [7, 11) is 0. The van der Waals surface area contributed by atoms with Gasteiger partial charge in [-0.3, -0.25) is 0 Å². The predicted molar refractivity (Wildman–Crippen MR) is 118 cm³/mol. The molecule has 0 spiro atoms. The number of aromatic amines is 1. The van der Waals surface area contributed by atoms with E-state index in [2.05, 4.69) is 21.5 Å². The minimum Gasteiger partial charge on any atom is -0.478 e. The van der Waals surface area contributed by atoms with E-state index in [4.69, 9.17) is 17.3 Å². The molecule has 2 aromatic carbocycles. The largest absolute Gasteiger partial charge is 0.478 e. The molecular weight excluding hydrogens is 406 g/mol. The number of hydrogen-bond donors (Lipinski definition) is 3. The first kappa shape index (κ1) is 20.5. The van der Waals surface area contributed by atoms with Crippen LogP contribution in [0.25, 0.3) is 10.2 Å². The number of carboxylic acids is 1. The normalized spacial score (nSPS) is 11.4. The van der Waals surface area contributed by atoms with Crippen LogP contribution in [0.4, 0.5) is 11.4 Å². The molecule has 0 unspecified atom stereocenters. The standard InChI is InChI=1S/C20H19N5O2S2/c1-12(2)10-25(11-21)19(22-14-5-3-13(4-6-14)18(26)27)23-15-7-8-16-17(9-15)29-20(28)24-16/h3-9,12H,10H2,1-2H3,(H,22,23)(H,24,28)(H,26,27). The minimum absolute atomic E-state index is 0.178. The van der Waals surface area contributed by atoms with E-state index < -0.39 is 5.97 Å². The van der Waals surface area contributed by atoms with Gasteiger partial charge >= 0.3 is 5.97 Å². The van der Waals surface area contributed by atoms with E-state index in [1.54, 1.807) is 12.1 Å². The summed E-state index contributed by atoms with van der Waals surface area (Å²) in [5, 5.41) is 21.9. The molecule has 9 heteroatoms. The second kappa shape index (κ2) is 8.86. The summed E-state index contributed by atoms with van der Waals surface area (Å²) in [6.07, 6.45) is 2.17. The van der Waals surface area contributed by atoms with Crippen LogP contribution in [-0.2, 0) is 0 Å². The van der Waals surface area contributed by atoms with E-state index in [-0.39, 0.29) is 11.5 Å². The number of aromatic nitrogens is 1. The molecule has 1 aromatic heterocycles. The lowest BCUT2D eigenvalue weighted by Gasteiger charge is -2.21. The summed E-state index contributed by atoms with van der Waals surface area (Å²) < 4.78 is 1.69. The quantitative estimate of drug-likeness (QED) is 0.171. The van der Waals surface area contributed by atoms with Gasteiger partial charge in [0.2, 0.25) is 5.96 Å². The van der Waals surface area contributed by atoms with E-state index in [1.807, 2.05) is 32.0 Å². The van der Waals surface area contributed by atoms with Crippen molar-refractivity contribution < 1.29 is 9.90 Å². The maximum atomic E-state index is 11.1. The number of aromatic carboxylic acids is 1. The maximum absolute atomic E-state index is 11.1. The van der Waals surface area contributed by atoms with Crippen LogP contribution in [0.5, 0.6) is 0 Å². The highest BCUT2D eigenvalue weighted by molar-refractivity contribution is 7.73. The van der Waals surface area contributed by atoms with Crippen LogP contribution in [0.2, 0.25) is 0 Å². The molecule has 0 bridgehead atoms. The molecule has 0 radical (unpaired) electrons. The van der Waals surface area contributed by atoms with Gasteiger partial charge in [-0.2, -0.15) is 5.26 Å². The van der Waals surface area contributed by atoms with Gasteiger partial charge in [-0.25, -0.2) is 14.7 Å². The number of anilines is 1. The Morgan fingerprint density at radius 2 is 2.07 bits per heavy atom. The van der Waals surface area contributed by atoms with Crippen molar-refractivity contribution in [2.75, 3.05) is 11.9 Å². The predicted octanol–water partition coefficient (Wildman–Crippen LogP) is 5.20. The fraction of sp³-hybridized carbons (Fsp3) is 0.200. The minimum atomic E-state index is -1.00. The van der Waals surface area contributed by atoms with E-state index in [0.29, 0.717) is 22.1 Å². The lowest BCUT2D eigenvalue weighted by Crippen LogP contribution is -2.35. The van der Waals surface area contributed by atoms with Gasteiger partial charge < -0.3 is 15.4 Å². The van der Waals surface area contributed by atoms with Gasteiger partial charge in [0.05, 0.1) is 21.5 Å². The molecule has 0 aliphatic carbocycles. The molecule has 7 nitrogen and oxygen atoms in total. The highest BCUT2D eigenvalue weighted by Gasteiger charge is 2.14. The first-order valence-corrected chi connectivity index (χ1v) is 10.1. The second-order valence-electron chi connectivity index (χ2n) is 6.74. The number of H-pyrrole nitrogens is 1. The molecule has 0 aliphatic rings. The number of hydrogen-bond acceptors (Lipinski definition) is 5. The van der Waals surface area contributed by atoms with Crippen molar-refractivity contribution in [2.45, 2.75) is 13.8 Å². The topological polar surface area (TPSA) is 105 Å². The van der Waals surface area contributed by atoms with Crippen molar-refractivity contribution in [3.05, 3.63) is 52.0 Å². The molecule has 148 valence electrons. The van der Waals surface area contributed by atoms with Crippen molar-refractivity contribution in [1.29, 1.82) is 5.26 Å². The van der Waals surface area contributed by atoms with Crippen LogP contribution < -0.4 is 5.32 Å². The number of nitriles is 1. The summed E-state index contributed by atoms with van der Waals surface area (Å²) in [5.74, 6) is -0.393. The zero-order valence-corrected chi connectivity index (χ0v) is 17.5. The third kappa shape index (κ3) is 5.19. The number of rotatable bonds is 5. The molecule has 0 atom stereocenters. The Morgan fingerprint density at radius 1 is 1.34 bits per heavy atom. The summed E-state index contributed by atoms with van der Waals surface area (Å²) in [6, 6.07) is 11.9. The SMILES string of the molecule is CC(C)CN(C#N)C(=Nc1ccc(C(=O)O)cc1)Nc1ccc2[nH]c(=S)sc2c1. The van der Waals surface area contributed by atoms with Gasteiger partial charge in [0, 0.05) is 12.2 Å². The molecule has 3 N–H and O–H groups in total. The molecule has 1 heterocycles. The van der Waals surface area contributed by atoms with Gasteiger partial charge in [0.1, 0.15) is 0 Å². The third-order valence-electron chi connectivity index (χ3n) is 3.95. The van der Waals surface area contributed by atoms with Gasteiger partial charge in [-0.05, 0) is 60.6 Å². The fourth-order valence-electron chi connectivity index (χ4n) is 2.65. The molecule has 0 amide bonds. The lowest BCUT2D eigenvalue weighted by atomic mass is 10.2. The number of nitrogens with zero attached hydrogens (tertiary/aromatic N) is 3. The first-order chi connectivity index (χ1) is 13.9. The molecule has 0 fully saturated rings. The Kier molecular flexibility index (Phi) is 6.26. The van der Waals surface area contributed by atoms with Crippen LogP contribution in [-0.4, -0.2) is 33.5 Å². The highest BCUT2D eigenvalue weighted by atomic mass is 32.1. The van der Waals surface area contributed by atoms with Crippen LogP contribution in [0.1, 0.15) is 24.2 Å². The number of aliphatic imine (C=N–C) groups is 1. The Bertz CT molecular complexity index is 1160. The second-order valence-corrected chi connectivity index (χ2v) is 8.46. The molecule has 3 aromatic rings. The summed E-state index contributed by atoms with van der Waals surface area (Å²) in [5.41, 5.74) is 2.44. The van der Waals surface area contributed by atoms with E-state index in [1.165, 1.54) is 28.4 Å². The number of carboxylic acid groups (broad SMARTS) is 1.